The number of amides is 2. The maximum atomic E-state index is 13.2. The predicted molar refractivity (Wildman–Crippen MR) is 122 cm³/mol. The molecular weight excluding hydrogens is 524 g/mol. The second-order valence-electron chi connectivity index (χ2n) is 6.32. The van der Waals surface area contributed by atoms with E-state index in [4.69, 9.17) is 17.0 Å². The van der Waals surface area contributed by atoms with Crippen molar-refractivity contribution in [1.29, 1.82) is 0 Å². The number of methoxy groups -OCH3 is 1. The largest absolute Gasteiger partial charge is 0.503 e. The van der Waals surface area contributed by atoms with Crippen LogP contribution in [0.4, 0.5) is 5.69 Å². The molecule has 1 aliphatic heterocycles. The van der Waals surface area contributed by atoms with Crippen LogP contribution in [-0.2, 0) is 9.59 Å². The van der Waals surface area contributed by atoms with Gasteiger partial charge in [-0.3, -0.25) is 19.8 Å². The first kappa shape index (κ1) is 21.5. The van der Waals surface area contributed by atoms with Crippen LogP contribution in [0.25, 0.3) is 6.08 Å². The van der Waals surface area contributed by atoms with E-state index in [9.17, 15) is 14.7 Å². The molecule has 9 heteroatoms. The Morgan fingerprint density at radius 1 is 1.21 bits per heavy atom. The monoisotopic (exact) mass is 538 g/mol. The van der Waals surface area contributed by atoms with Crippen LogP contribution in [0.1, 0.15) is 16.7 Å². The molecule has 0 spiro atoms. The van der Waals surface area contributed by atoms with Crippen LogP contribution in [0, 0.1) is 13.8 Å². The van der Waals surface area contributed by atoms with Crippen LogP contribution in [-0.4, -0.2) is 29.1 Å². The van der Waals surface area contributed by atoms with Crippen molar-refractivity contribution in [3.05, 3.63) is 55.5 Å². The molecule has 0 aromatic heterocycles. The van der Waals surface area contributed by atoms with E-state index in [1.54, 1.807) is 6.07 Å². The number of nitrogens with one attached hydrogen (secondary N) is 1. The van der Waals surface area contributed by atoms with E-state index < -0.39 is 11.8 Å². The Labute approximate surface area is 189 Å². The fourth-order valence-corrected chi connectivity index (χ4v) is 4.00. The third-order valence-electron chi connectivity index (χ3n) is 4.61. The van der Waals surface area contributed by atoms with Crippen molar-refractivity contribution in [2.24, 2.45) is 0 Å². The molecule has 150 valence electrons. The fraction of sp³-hybridized carbons (Fsp3) is 0.150. The summed E-state index contributed by atoms with van der Waals surface area (Å²) in [5, 5.41) is 12.7. The molecule has 2 N–H and O–H groups in total. The lowest BCUT2D eigenvalue weighted by Gasteiger charge is -2.30. The Hall–Kier alpha value is -2.23. The first-order valence-electron chi connectivity index (χ1n) is 8.40. The second kappa shape index (κ2) is 8.25. The number of hydrogen-bond acceptors (Lipinski definition) is 5. The number of phenols is 1. The molecule has 0 bridgehead atoms. The van der Waals surface area contributed by atoms with Gasteiger partial charge in [0, 0.05) is 4.47 Å². The minimum Gasteiger partial charge on any atom is -0.503 e. The van der Waals surface area contributed by atoms with Gasteiger partial charge < -0.3 is 9.84 Å². The molecule has 1 heterocycles. The van der Waals surface area contributed by atoms with E-state index in [2.05, 4.69) is 37.2 Å². The molecule has 2 aromatic carbocycles. The molecule has 1 saturated heterocycles. The maximum absolute atomic E-state index is 13.2. The topological polar surface area (TPSA) is 78.9 Å². The van der Waals surface area contributed by atoms with Crippen LogP contribution < -0.4 is 15.0 Å². The van der Waals surface area contributed by atoms with E-state index >= 15 is 0 Å². The third-order valence-corrected chi connectivity index (χ3v) is 7.06. The summed E-state index contributed by atoms with van der Waals surface area (Å²) in [6, 6.07) is 7.06. The minimum absolute atomic E-state index is 0.0226. The van der Waals surface area contributed by atoms with Crippen LogP contribution >= 0.6 is 44.1 Å². The van der Waals surface area contributed by atoms with E-state index in [1.807, 2.05) is 26.0 Å². The molecule has 1 fully saturated rings. The van der Waals surface area contributed by atoms with Crippen molar-refractivity contribution in [2.45, 2.75) is 13.8 Å². The summed E-state index contributed by atoms with van der Waals surface area (Å²) in [4.78, 5) is 27.1. The van der Waals surface area contributed by atoms with E-state index in [0.717, 1.165) is 11.1 Å². The lowest BCUT2D eigenvalue weighted by atomic mass is 10.0. The first-order chi connectivity index (χ1) is 13.7. The Morgan fingerprint density at radius 2 is 1.90 bits per heavy atom. The number of benzene rings is 2. The molecule has 2 amide bonds. The van der Waals surface area contributed by atoms with Gasteiger partial charge in [0.15, 0.2) is 16.6 Å². The van der Waals surface area contributed by atoms with Gasteiger partial charge in [0.05, 0.1) is 17.3 Å². The molecule has 6 nitrogen and oxygen atoms in total. The number of hydrogen-bond donors (Lipinski definition) is 2. The van der Waals surface area contributed by atoms with Crippen LogP contribution in [0.3, 0.4) is 0 Å². The highest BCUT2D eigenvalue weighted by Crippen LogP contribution is 2.42. The van der Waals surface area contributed by atoms with E-state index in [0.29, 0.717) is 20.2 Å². The van der Waals surface area contributed by atoms with E-state index in [-0.39, 0.29) is 22.2 Å². The van der Waals surface area contributed by atoms with Gasteiger partial charge in [-0.25, -0.2) is 0 Å². The number of carbonyl (C=O) groups is 2. The summed E-state index contributed by atoms with van der Waals surface area (Å²) in [6.07, 6.45) is 1.42. The quantitative estimate of drug-likeness (QED) is 0.344. The van der Waals surface area contributed by atoms with Gasteiger partial charge in [0.2, 0.25) is 0 Å². The van der Waals surface area contributed by atoms with Gasteiger partial charge in [-0.05, 0) is 92.8 Å². The van der Waals surface area contributed by atoms with Crippen LogP contribution in [0.15, 0.2) is 38.8 Å². The lowest BCUT2D eigenvalue weighted by molar-refractivity contribution is -0.122. The predicted octanol–water partition coefficient (Wildman–Crippen LogP) is 4.37. The molecule has 0 radical (unpaired) electrons. The Balaban J connectivity index is 2.14. The van der Waals surface area contributed by atoms with Gasteiger partial charge in [0.1, 0.15) is 5.57 Å². The number of aromatic hydroxyl groups is 1. The molecular formula is C20H16Br2N2O4S. The van der Waals surface area contributed by atoms with Crippen molar-refractivity contribution in [2.75, 3.05) is 12.0 Å². The zero-order valence-corrected chi connectivity index (χ0v) is 19.7. The van der Waals surface area contributed by atoms with Crippen molar-refractivity contribution in [1.82, 2.24) is 5.32 Å². The molecule has 0 unspecified atom stereocenters. The molecule has 1 aliphatic rings. The maximum Gasteiger partial charge on any atom is 0.270 e. The number of ether oxygens (including phenoxy) is 1. The van der Waals surface area contributed by atoms with E-state index in [1.165, 1.54) is 24.2 Å². The van der Waals surface area contributed by atoms with Crippen molar-refractivity contribution in [3.8, 4) is 11.5 Å². The Morgan fingerprint density at radius 3 is 2.55 bits per heavy atom. The standard InChI is InChI=1S/C20H16Br2N2O4S/c1-9-5-4-6-13(10(9)2)24-19(27)12(18(26)23-20(24)29)7-11-8-14(28-3)17(25)16(22)15(11)21/h4-8,25H,1-3H3,(H,23,26,29)/b12-7+. The number of carbonyl (C=O) groups excluding carboxylic acids is 2. The summed E-state index contributed by atoms with van der Waals surface area (Å²) < 4.78 is 5.96. The average molecular weight is 540 g/mol. The number of halogens is 2. The number of nitrogens with zero attached hydrogens (tertiary/aromatic N) is 1. The minimum atomic E-state index is -0.600. The van der Waals surface area contributed by atoms with Gasteiger partial charge in [-0.1, -0.05) is 12.1 Å². The Kier molecular flexibility index (Phi) is 6.11. The summed E-state index contributed by atoms with van der Waals surface area (Å²) in [7, 11) is 1.41. The van der Waals surface area contributed by atoms with Crippen molar-refractivity contribution in [3.63, 3.8) is 0 Å². The summed E-state index contributed by atoms with van der Waals surface area (Å²) >= 11 is 11.9. The lowest BCUT2D eigenvalue weighted by Crippen LogP contribution is -2.54. The Bertz CT molecular complexity index is 1100. The molecule has 0 atom stereocenters. The average Bonchev–Trinajstić information content (AvgIpc) is 2.68. The summed E-state index contributed by atoms with van der Waals surface area (Å²) in [6.45, 7) is 3.82. The van der Waals surface area contributed by atoms with Gasteiger partial charge in [0.25, 0.3) is 11.8 Å². The molecule has 29 heavy (non-hydrogen) atoms. The van der Waals surface area contributed by atoms with Gasteiger partial charge in [-0.2, -0.15) is 0 Å². The third kappa shape index (κ3) is 3.82. The second-order valence-corrected chi connectivity index (χ2v) is 8.29. The highest BCUT2D eigenvalue weighted by atomic mass is 79.9. The number of phenolic OH excluding ortho intramolecular Hbond substituents is 1. The smallest absolute Gasteiger partial charge is 0.270 e. The van der Waals surface area contributed by atoms with Crippen molar-refractivity contribution < 1.29 is 19.4 Å². The van der Waals surface area contributed by atoms with Gasteiger partial charge in [-0.15, -0.1) is 0 Å². The highest BCUT2D eigenvalue weighted by molar-refractivity contribution is 9.13. The van der Waals surface area contributed by atoms with Crippen LogP contribution in [0.2, 0.25) is 0 Å². The summed E-state index contributed by atoms with van der Waals surface area (Å²) in [5.41, 5.74) is 2.86. The normalized spacial score (nSPS) is 15.7. The number of thiocarbonyl (C=S) groups is 1. The SMILES string of the molecule is COc1cc(/C=C2\C(=O)NC(=S)N(c3cccc(C)c3C)C2=O)c(Br)c(Br)c1O. The molecule has 3 rings (SSSR count). The highest BCUT2D eigenvalue weighted by Gasteiger charge is 2.35. The fourth-order valence-electron chi connectivity index (χ4n) is 2.88. The first-order valence-corrected chi connectivity index (χ1v) is 10.4. The van der Waals surface area contributed by atoms with Crippen molar-refractivity contribution >= 4 is 72.8 Å². The molecule has 0 aliphatic carbocycles. The summed E-state index contributed by atoms with van der Waals surface area (Å²) in [5.74, 6) is -1.05. The molecule has 2 aromatic rings. The number of rotatable bonds is 3. The zero-order valence-electron chi connectivity index (χ0n) is 15.7. The van der Waals surface area contributed by atoms with Gasteiger partial charge >= 0.3 is 0 Å². The number of anilines is 1. The molecule has 0 saturated carbocycles. The zero-order chi connectivity index (χ0) is 21.5. The van der Waals surface area contributed by atoms with Crippen LogP contribution in [0.5, 0.6) is 11.5 Å². The number of aryl methyl sites for hydroxylation is 1.